The highest BCUT2D eigenvalue weighted by atomic mass is 35.5. The summed E-state index contributed by atoms with van der Waals surface area (Å²) in [6.45, 7) is 2.05. The van der Waals surface area contributed by atoms with Crippen molar-refractivity contribution >= 4 is 45.8 Å². The number of anilines is 1. The first kappa shape index (κ1) is 23.6. The van der Waals surface area contributed by atoms with E-state index < -0.39 is 5.82 Å². The van der Waals surface area contributed by atoms with E-state index in [4.69, 9.17) is 38.3 Å². The lowest BCUT2D eigenvalue weighted by Gasteiger charge is -2.23. The largest absolute Gasteiger partial charge is 0.247 e. The van der Waals surface area contributed by atoms with Crippen LogP contribution in [-0.2, 0) is 0 Å². The number of para-hydroxylation sites is 1. The molecule has 0 saturated heterocycles. The van der Waals surface area contributed by atoms with Crippen LogP contribution in [0.4, 0.5) is 10.3 Å². The molecule has 0 unspecified atom stereocenters. The first-order chi connectivity index (χ1) is 18.0. The fourth-order valence-corrected chi connectivity index (χ4v) is 4.98. The molecular weight excluding hydrogens is 506 g/mol. The number of halogens is 3. The second-order valence-corrected chi connectivity index (χ2v) is 9.89. The van der Waals surface area contributed by atoms with Crippen LogP contribution in [-0.4, -0.2) is 15.7 Å². The van der Waals surface area contributed by atoms with Crippen molar-refractivity contribution in [3.8, 4) is 11.3 Å². The van der Waals surface area contributed by atoms with Gasteiger partial charge in [-0.15, -0.1) is 0 Å². The Morgan fingerprint density at radius 1 is 0.838 bits per heavy atom. The highest BCUT2D eigenvalue weighted by Gasteiger charge is 2.32. The summed E-state index contributed by atoms with van der Waals surface area (Å²) in [4.78, 5) is 9.90. The maximum absolute atomic E-state index is 14.0. The molecule has 1 aliphatic heterocycles. The Balaban J connectivity index is 1.53. The summed E-state index contributed by atoms with van der Waals surface area (Å²) in [6.07, 6.45) is 0.595. The van der Waals surface area contributed by atoms with Crippen LogP contribution in [0.5, 0.6) is 0 Å². The lowest BCUT2D eigenvalue weighted by atomic mass is 9.97. The van der Waals surface area contributed by atoms with Crippen molar-refractivity contribution in [3.05, 3.63) is 124 Å². The zero-order valence-electron chi connectivity index (χ0n) is 19.9. The number of hydrogen-bond acceptors (Lipinski definition) is 4. The third-order valence-electron chi connectivity index (χ3n) is 6.50. The SMILES string of the molecule is Cc1cccc(C2=NN(c3nc(-c4ccc(Cl)cc4)c4ccccc4n3)[C@H](c3ccc(F)c(Cl)c3)C2)c1. The second-order valence-electron chi connectivity index (χ2n) is 9.05. The highest BCUT2D eigenvalue weighted by Crippen LogP contribution is 2.38. The number of hydrogen-bond donors (Lipinski definition) is 0. The second kappa shape index (κ2) is 9.58. The minimum atomic E-state index is -0.457. The molecule has 37 heavy (non-hydrogen) atoms. The minimum absolute atomic E-state index is 0.0720. The summed E-state index contributed by atoms with van der Waals surface area (Å²) >= 11 is 12.3. The molecule has 0 N–H and O–H groups in total. The summed E-state index contributed by atoms with van der Waals surface area (Å²) in [5.41, 5.74) is 6.42. The highest BCUT2D eigenvalue weighted by molar-refractivity contribution is 6.31. The third-order valence-corrected chi connectivity index (χ3v) is 7.05. The van der Waals surface area contributed by atoms with Gasteiger partial charge in [-0.1, -0.05) is 89.4 Å². The van der Waals surface area contributed by atoms with Crippen LogP contribution in [0.15, 0.2) is 96.1 Å². The van der Waals surface area contributed by atoms with Crippen LogP contribution in [0, 0.1) is 12.7 Å². The Labute approximate surface area is 224 Å². The number of benzene rings is 4. The standard InChI is InChI=1S/C30H21Cl2FN4/c1-18-5-4-6-20(15-18)27-17-28(21-11-14-25(33)24(32)16-21)37(36-27)30-34-26-8-3-2-7-23(26)29(35-30)19-9-12-22(31)13-10-19/h2-16,28H,17H2,1H3/t28-/m0/s1. The molecule has 0 spiro atoms. The van der Waals surface area contributed by atoms with E-state index in [1.54, 1.807) is 12.1 Å². The van der Waals surface area contributed by atoms with Crippen molar-refractivity contribution in [1.82, 2.24) is 9.97 Å². The van der Waals surface area contributed by atoms with Crippen LogP contribution in [0.3, 0.4) is 0 Å². The fraction of sp³-hybridized carbons (Fsp3) is 0.100. The maximum atomic E-state index is 14.0. The predicted molar refractivity (Wildman–Crippen MR) is 149 cm³/mol. The van der Waals surface area contributed by atoms with Crippen molar-refractivity contribution < 1.29 is 4.39 Å². The zero-order valence-corrected chi connectivity index (χ0v) is 21.4. The first-order valence-electron chi connectivity index (χ1n) is 11.9. The Morgan fingerprint density at radius 2 is 1.65 bits per heavy atom. The molecule has 1 aromatic heterocycles. The molecule has 4 aromatic carbocycles. The number of nitrogens with zero attached hydrogens (tertiary/aromatic N) is 4. The molecule has 0 radical (unpaired) electrons. The molecule has 1 atom stereocenters. The molecular formula is C30H21Cl2FN4. The van der Waals surface area contributed by atoms with E-state index in [2.05, 4.69) is 19.1 Å². The first-order valence-corrected chi connectivity index (χ1v) is 12.6. The molecule has 4 nitrogen and oxygen atoms in total. The van der Waals surface area contributed by atoms with Gasteiger partial charge in [0.25, 0.3) is 0 Å². The monoisotopic (exact) mass is 526 g/mol. The van der Waals surface area contributed by atoms with Gasteiger partial charge in [-0.25, -0.2) is 19.4 Å². The predicted octanol–water partition coefficient (Wildman–Crippen LogP) is 8.41. The van der Waals surface area contributed by atoms with Gasteiger partial charge in [0.15, 0.2) is 0 Å². The summed E-state index contributed by atoms with van der Waals surface area (Å²) in [5, 5.41) is 8.48. The molecule has 0 bridgehead atoms. The number of aryl methyl sites for hydroxylation is 1. The van der Waals surface area contributed by atoms with Crippen molar-refractivity contribution in [3.63, 3.8) is 0 Å². The molecule has 7 heteroatoms. The van der Waals surface area contributed by atoms with E-state index in [0.717, 1.165) is 44.6 Å². The third kappa shape index (κ3) is 4.57. The van der Waals surface area contributed by atoms with Crippen molar-refractivity contribution in [2.24, 2.45) is 5.10 Å². The topological polar surface area (TPSA) is 41.4 Å². The normalized spacial score (nSPS) is 15.3. The van der Waals surface area contributed by atoms with E-state index in [9.17, 15) is 4.39 Å². The Bertz CT molecular complexity index is 1670. The maximum Gasteiger partial charge on any atom is 0.247 e. The average molecular weight is 527 g/mol. The molecule has 0 amide bonds. The van der Waals surface area contributed by atoms with Gasteiger partial charge < -0.3 is 0 Å². The quantitative estimate of drug-likeness (QED) is 0.236. The number of hydrazone groups is 1. The Kier molecular flexibility index (Phi) is 6.11. The average Bonchev–Trinajstić information content (AvgIpc) is 3.36. The zero-order chi connectivity index (χ0) is 25.5. The summed E-state index contributed by atoms with van der Waals surface area (Å²) in [5.74, 6) is -0.00137. The van der Waals surface area contributed by atoms with E-state index in [1.165, 1.54) is 6.07 Å². The molecule has 0 aliphatic carbocycles. The number of aromatic nitrogens is 2. The van der Waals surface area contributed by atoms with E-state index in [1.807, 2.05) is 65.7 Å². The van der Waals surface area contributed by atoms with Gasteiger partial charge >= 0.3 is 0 Å². The van der Waals surface area contributed by atoms with Gasteiger partial charge in [-0.05, 0) is 48.4 Å². The molecule has 0 saturated carbocycles. The van der Waals surface area contributed by atoms with Gasteiger partial charge in [0.1, 0.15) is 5.82 Å². The van der Waals surface area contributed by atoms with Gasteiger partial charge in [-0.3, -0.25) is 0 Å². The summed E-state index contributed by atoms with van der Waals surface area (Å²) in [6, 6.07) is 28.2. The lowest BCUT2D eigenvalue weighted by Crippen LogP contribution is -2.21. The van der Waals surface area contributed by atoms with Gasteiger partial charge in [0.2, 0.25) is 5.95 Å². The summed E-state index contributed by atoms with van der Waals surface area (Å²) in [7, 11) is 0. The fourth-order valence-electron chi connectivity index (χ4n) is 4.67. The minimum Gasteiger partial charge on any atom is -0.223 e. The lowest BCUT2D eigenvalue weighted by molar-refractivity contribution is 0.624. The number of fused-ring (bicyclic) bond motifs is 1. The smallest absolute Gasteiger partial charge is 0.223 e. The molecule has 2 heterocycles. The van der Waals surface area contributed by atoms with Crippen LogP contribution in [0.1, 0.15) is 29.2 Å². The van der Waals surface area contributed by atoms with Gasteiger partial charge in [0, 0.05) is 22.4 Å². The van der Waals surface area contributed by atoms with Crippen LogP contribution >= 0.6 is 23.2 Å². The van der Waals surface area contributed by atoms with Crippen LogP contribution in [0.2, 0.25) is 10.0 Å². The van der Waals surface area contributed by atoms with Crippen molar-refractivity contribution in [2.75, 3.05) is 5.01 Å². The molecule has 5 aromatic rings. The van der Waals surface area contributed by atoms with E-state index in [-0.39, 0.29) is 11.1 Å². The number of rotatable bonds is 4. The Morgan fingerprint density at radius 3 is 2.43 bits per heavy atom. The molecule has 1 aliphatic rings. The van der Waals surface area contributed by atoms with Gasteiger partial charge in [0.05, 0.1) is 28.0 Å². The van der Waals surface area contributed by atoms with Crippen LogP contribution in [0.25, 0.3) is 22.2 Å². The van der Waals surface area contributed by atoms with E-state index >= 15 is 0 Å². The summed E-state index contributed by atoms with van der Waals surface area (Å²) < 4.78 is 14.0. The molecule has 6 rings (SSSR count). The Hall–Kier alpha value is -3.80. The van der Waals surface area contributed by atoms with Gasteiger partial charge in [-0.2, -0.15) is 5.10 Å². The van der Waals surface area contributed by atoms with Crippen molar-refractivity contribution in [2.45, 2.75) is 19.4 Å². The van der Waals surface area contributed by atoms with Crippen LogP contribution < -0.4 is 5.01 Å². The van der Waals surface area contributed by atoms with E-state index in [0.29, 0.717) is 17.4 Å². The molecule has 182 valence electrons. The molecule has 0 fully saturated rings. The van der Waals surface area contributed by atoms with Crippen molar-refractivity contribution in [1.29, 1.82) is 0 Å².